The van der Waals surface area contributed by atoms with Crippen LogP contribution in [0.1, 0.15) is 31.7 Å². The summed E-state index contributed by atoms with van der Waals surface area (Å²) in [6, 6.07) is 10.4. The minimum atomic E-state index is 0.609. The fraction of sp³-hybridized carbons (Fsp3) is 0.462. The first-order valence-electron chi connectivity index (χ1n) is 5.60. The molecule has 2 nitrogen and oxygen atoms in total. The summed E-state index contributed by atoms with van der Waals surface area (Å²) >= 11 is 0. The van der Waals surface area contributed by atoms with Crippen LogP contribution in [-0.4, -0.2) is 6.04 Å². The van der Waals surface area contributed by atoms with Crippen LogP contribution < -0.4 is 5.32 Å². The van der Waals surface area contributed by atoms with Crippen LogP contribution in [0, 0.1) is 17.2 Å². The SMILES string of the molecule is CCC(Nc1ccc(C#N)cc1)C1CC1. The van der Waals surface area contributed by atoms with E-state index in [2.05, 4.69) is 18.3 Å². The number of nitrogens with zero attached hydrogens (tertiary/aromatic N) is 1. The highest BCUT2D eigenvalue weighted by molar-refractivity contribution is 5.48. The molecule has 0 heterocycles. The smallest absolute Gasteiger partial charge is 0.0991 e. The second-order valence-corrected chi connectivity index (χ2v) is 4.19. The Hall–Kier alpha value is -1.49. The maximum Gasteiger partial charge on any atom is 0.0991 e. The monoisotopic (exact) mass is 200 g/mol. The predicted octanol–water partition coefficient (Wildman–Crippen LogP) is 3.16. The van der Waals surface area contributed by atoms with E-state index >= 15 is 0 Å². The highest BCUT2D eigenvalue weighted by Gasteiger charge is 2.29. The molecule has 0 amide bonds. The summed E-state index contributed by atoms with van der Waals surface area (Å²) in [7, 11) is 0. The van der Waals surface area contributed by atoms with Gasteiger partial charge in [0, 0.05) is 11.7 Å². The summed E-state index contributed by atoms with van der Waals surface area (Å²) in [5.41, 5.74) is 1.85. The van der Waals surface area contributed by atoms with E-state index in [4.69, 9.17) is 5.26 Å². The third-order valence-corrected chi connectivity index (χ3v) is 3.00. The van der Waals surface area contributed by atoms with Gasteiger partial charge in [0.25, 0.3) is 0 Å². The van der Waals surface area contributed by atoms with Crippen LogP contribution in [0.3, 0.4) is 0 Å². The number of anilines is 1. The van der Waals surface area contributed by atoms with E-state index in [0.29, 0.717) is 6.04 Å². The van der Waals surface area contributed by atoms with Gasteiger partial charge in [-0.05, 0) is 49.4 Å². The Morgan fingerprint density at radius 2 is 2.07 bits per heavy atom. The van der Waals surface area contributed by atoms with Crippen molar-refractivity contribution in [3.63, 3.8) is 0 Å². The van der Waals surface area contributed by atoms with Crippen molar-refractivity contribution in [3.8, 4) is 6.07 Å². The Bertz CT molecular complexity index is 357. The van der Waals surface area contributed by atoms with Crippen LogP contribution in [0.4, 0.5) is 5.69 Å². The standard InChI is InChI=1S/C13H16N2/c1-2-13(11-5-6-11)15-12-7-3-10(9-14)4-8-12/h3-4,7-8,11,13,15H,2,5-6H2,1H3. The minimum Gasteiger partial charge on any atom is -0.382 e. The zero-order valence-corrected chi connectivity index (χ0v) is 9.03. The first-order chi connectivity index (χ1) is 7.33. The highest BCUT2D eigenvalue weighted by atomic mass is 14.9. The van der Waals surface area contributed by atoms with Gasteiger partial charge in [-0.25, -0.2) is 0 Å². The maximum atomic E-state index is 8.68. The minimum absolute atomic E-state index is 0.609. The molecule has 0 radical (unpaired) electrons. The van der Waals surface area contributed by atoms with Crippen molar-refractivity contribution in [1.29, 1.82) is 5.26 Å². The number of hydrogen-bond donors (Lipinski definition) is 1. The summed E-state index contributed by atoms with van der Waals surface area (Å²) in [6.45, 7) is 2.22. The Balaban J connectivity index is 2.00. The molecule has 78 valence electrons. The quantitative estimate of drug-likeness (QED) is 0.810. The summed E-state index contributed by atoms with van der Waals surface area (Å²) in [5.74, 6) is 0.866. The third-order valence-electron chi connectivity index (χ3n) is 3.00. The number of benzene rings is 1. The first kappa shape index (κ1) is 10.0. The average molecular weight is 200 g/mol. The van der Waals surface area contributed by atoms with Crippen molar-refractivity contribution >= 4 is 5.69 Å². The molecule has 1 atom stereocenters. The number of nitrogens with one attached hydrogen (secondary N) is 1. The molecule has 1 aliphatic rings. The van der Waals surface area contributed by atoms with Crippen molar-refractivity contribution in [3.05, 3.63) is 29.8 Å². The lowest BCUT2D eigenvalue weighted by Crippen LogP contribution is -2.20. The normalized spacial score (nSPS) is 16.8. The molecule has 0 aromatic heterocycles. The predicted molar refractivity (Wildman–Crippen MR) is 61.6 cm³/mol. The summed E-state index contributed by atoms with van der Waals surface area (Å²) in [6.07, 6.45) is 3.90. The van der Waals surface area contributed by atoms with Gasteiger partial charge in [-0.3, -0.25) is 0 Å². The molecule has 0 saturated heterocycles. The van der Waals surface area contributed by atoms with Crippen LogP contribution in [0.5, 0.6) is 0 Å². The van der Waals surface area contributed by atoms with Crippen molar-refractivity contribution < 1.29 is 0 Å². The van der Waals surface area contributed by atoms with Crippen molar-refractivity contribution in [2.24, 2.45) is 5.92 Å². The fourth-order valence-electron chi connectivity index (χ4n) is 1.91. The molecule has 1 fully saturated rings. The van der Waals surface area contributed by atoms with Gasteiger partial charge in [0.15, 0.2) is 0 Å². The van der Waals surface area contributed by atoms with Crippen LogP contribution in [0.25, 0.3) is 0 Å². The lowest BCUT2D eigenvalue weighted by molar-refractivity contribution is 0.616. The molecule has 1 unspecified atom stereocenters. The molecule has 1 aromatic rings. The third kappa shape index (κ3) is 2.50. The molecule has 1 saturated carbocycles. The van der Waals surface area contributed by atoms with Gasteiger partial charge in [-0.15, -0.1) is 0 Å². The molecule has 0 spiro atoms. The van der Waals surface area contributed by atoms with Gasteiger partial charge in [0.1, 0.15) is 0 Å². The molecule has 2 heteroatoms. The second-order valence-electron chi connectivity index (χ2n) is 4.19. The van der Waals surface area contributed by atoms with E-state index in [9.17, 15) is 0 Å². The van der Waals surface area contributed by atoms with Crippen molar-refractivity contribution in [2.75, 3.05) is 5.32 Å². The molecule has 1 N–H and O–H groups in total. The topological polar surface area (TPSA) is 35.8 Å². The van der Waals surface area contributed by atoms with Crippen molar-refractivity contribution in [2.45, 2.75) is 32.2 Å². The zero-order chi connectivity index (χ0) is 10.7. The molecular formula is C13H16N2. The molecule has 15 heavy (non-hydrogen) atoms. The van der Waals surface area contributed by atoms with E-state index < -0.39 is 0 Å². The van der Waals surface area contributed by atoms with E-state index in [0.717, 1.165) is 17.2 Å². The van der Waals surface area contributed by atoms with Gasteiger partial charge in [-0.2, -0.15) is 5.26 Å². The van der Waals surface area contributed by atoms with Crippen LogP contribution in [-0.2, 0) is 0 Å². The average Bonchev–Trinajstić information content (AvgIpc) is 3.10. The molecule has 0 bridgehead atoms. The molecular weight excluding hydrogens is 184 g/mol. The Kier molecular flexibility index (Phi) is 2.91. The highest BCUT2D eigenvalue weighted by Crippen LogP contribution is 2.35. The summed E-state index contributed by atoms with van der Waals surface area (Å²) in [5, 5.41) is 12.2. The van der Waals surface area contributed by atoms with Crippen molar-refractivity contribution in [1.82, 2.24) is 0 Å². The maximum absolute atomic E-state index is 8.68. The van der Waals surface area contributed by atoms with Gasteiger partial charge >= 0.3 is 0 Å². The summed E-state index contributed by atoms with van der Waals surface area (Å²) in [4.78, 5) is 0. The van der Waals surface area contributed by atoms with E-state index in [1.54, 1.807) is 0 Å². The molecule has 0 aliphatic heterocycles. The van der Waals surface area contributed by atoms with E-state index in [1.807, 2.05) is 24.3 Å². The molecule has 2 rings (SSSR count). The molecule has 1 aliphatic carbocycles. The molecule has 1 aromatic carbocycles. The number of hydrogen-bond acceptors (Lipinski definition) is 2. The number of rotatable bonds is 4. The van der Waals surface area contributed by atoms with Gasteiger partial charge in [0.2, 0.25) is 0 Å². The van der Waals surface area contributed by atoms with Gasteiger partial charge in [-0.1, -0.05) is 6.92 Å². The van der Waals surface area contributed by atoms with E-state index in [1.165, 1.54) is 19.3 Å². The lowest BCUT2D eigenvalue weighted by Gasteiger charge is -2.17. The second kappa shape index (κ2) is 4.35. The lowest BCUT2D eigenvalue weighted by atomic mass is 10.1. The van der Waals surface area contributed by atoms with Gasteiger partial charge < -0.3 is 5.32 Å². The van der Waals surface area contributed by atoms with Gasteiger partial charge in [0.05, 0.1) is 11.6 Å². The van der Waals surface area contributed by atoms with Crippen LogP contribution >= 0.6 is 0 Å². The van der Waals surface area contributed by atoms with Crippen LogP contribution in [0.2, 0.25) is 0 Å². The van der Waals surface area contributed by atoms with Crippen LogP contribution in [0.15, 0.2) is 24.3 Å². The van der Waals surface area contributed by atoms with E-state index in [-0.39, 0.29) is 0 Å². The first-order valence-corrected chi connectivity index (χ1v) is 5.60. The largest absolute Gasteiger partial charge is 0.382 e. The summed E-state index contributed by atoms with van der Waals surface area (Å²) < 4.78 is 0. The Labute approximate surface area is 90.9 Å². The Morgan fingerprint density at radius 1 is 1.40 bits per heavy atom. The zero-order valence-electron chi connectivity index (χ0n) is 9.03. The fourth-order valence-corrected chi connectivity index (χ4v) is 1.91. The number of nitriles is 1. The Morgan fingerprint density at radius 3 is 2.53 bits per heavy atom.